The topological polar surface area (TPSA) is 17.1 Å². The zero-order chi connectivity index (χ0) is 10.6. The fraction of sp³-hybridized carbons (Fsp3) is 0.100. The molecule has 1 nitrogen and oxygen atoms in total. The highest BCUT2D eigenvalue weighted by atomic mass is 19.4. The van der Waals surface area contributed by atoms with Gasteiger partial charge in [0.2, 0.25) is 0 Å². The van der Waals surface area contributed by atoms with Crippen molar-refractivity contribution in [2.75, 3.05) is 0 Å². The second-order valence-electron chi connectivity index (χ2n) is 2.58. The molecule has 1 aromatic carbocycles. The zero-order valence-corrected chi connectivity index (χ0v) is 7.08. The number of allylic oxidation sites excluding steroid dienone is 2. The van der Waals surface area contributed by atoms with E-state index in [0.717, 1.165) is 0 Å². The van der Waals surface area contributed by atoms with Crippen LogP contribution in [0.1, 0.15) is 5.56 Å². The Morgan fingerprint density at radius 3 is 2.14 bits per heavy atom. The van der Waals surface area contributed by atoms with Gasteiger partial charge in [0, 0.05) is 0 Å². The Morgan fingerprint density at radius 2 is 1.71 bits per heavy atom. The minimum atomic E-state index is -4.50. The van der Waals surface area contributed by atoms with Gasteiger partial charge in [-0.3, -0.25) is 4.79 Å². The Balaban J connectivity index is 3.15. The Hall–Kier alpha value is -1.58. The van der Waals surface area contributed by atoms with Gasteiger partial charge in [0.25, 0.3) is 0 Å². The second-order valence-corrected chi connectivity index (χ2v) is 2.58. The van der Waals surface area contributed by atoms with Crippen LogP contribution in [0.2, 0.25) is 0 Å². The Morgan fingerprint density at radius 1 is 1.14 bits per heavy atom. The van der Waals surface area contributed by atoms with E-state index in [2.05, 4.69) is 0 Å². The van der Waals surface area contributed by atoms with Gasteiger partial charge in [-0.2, -0.15) is 13.2 Å². The maximum atomic E-state index is 12.4. The molecule has 4 heteroatoms. The van der Waals surface area contributed by atoms with Crippen LogP contribution in [0.3, 0.4) is 0 Å². The number of alkyl halides is 3. The second kappa shape index (κ2) is 4.09. The van der Waals surface area contributed by atoms with Gasteiger partial charge in [0.05, 0.1) is 5.57 Å². The van der Waals surface area contributed by atoms with E-state index in [1.165, 1.54) is 24.3 Å². The maximum absolute atomic E-state index is 12.4. The number of halogens is 3. The molecule has 0 amide bonds. The van der Waals surface area contributed by atoms with Gasteiger partial charge in [-0.25, -0.2) is 0 Å². The molecule has 0 aliphatic heterocycles. The first-order valence-corrected chi connectivity index (χ1v) is 3.84. The van der Waals surface area contributed by atoms with Gasteiger partial charge >= 0.3 is 6.18 Å². The van der Waals surface area contributed by atoms with Crippen LogP contribution in [0, 0.1) is 0 Å². The van der Waals surface area contributed by atoms with Crippen molar-refractivity contribution < 1.29 is 18.0 Å². The normalized spacial score (nSPS) is 12.6. The van der Waals surface area contributed by atoms with E-state index in [1.54, 1.807) is 6.07 Å². The highest BCUT2D eigenvalue weighted by Crippen LogP contribution is 2.32. The SMILES string of the molecule is O=C/C=C(/c1ccccc1)C(F)(F)F. The van der Waals surface area contributed by atoms with E-state index >= 15 is 0 Å². The third kappa shape index (κ3) is 2.45. The van der Waals surface area contributed by atoms with Gasteiger partial charge in [-0.05, 0) is 11.6 Å². The molecule has 0 radical (unpaired) electrons. The molecule has 1 aromatic rings. The van der Waals surface area contributed by atoms with Crippen molar-refractivity contribution in [3.05, 3.63) is 42.0 Å². The monoisotopic (exact) mass is 200 g/mol. The number of carbonyl (C=O) groups excluding carboxylic acids is 1. The number of hydrogen-bond donors (Lipinski definition) is 0. The van der Waals surface area contributed by atoms with E-state index in [-0.39, 0.29) is 11.8 Å². The summed E-state index contributed by atoms with van der Waals surface area (Å²) in [4.78, 5) is 10.1. The molecule has 0 fully saturated rings. The van der Waals surface area contributed by atoms with Crippen molar-refractivity contribution in [1.29, 1.82) is 0 Å². The average Bonchev–Trinajstić information content (AvgIpc) is 2.14. The van der Waals surface area contributed by atoms with Crippen LogP contribution in [-0.4, -0.2) is 12.5 Å². The molecule has 0 unspecified atom stereocenters. The molecule has 1 rings (SSSR count). The van der Waals surface area contributed by atoms with Gasteiger partial charge < -0.3 is 0 Å². The van der Waals surface area contributed by atoms with Crippen molar-refractivity contribution >= 4 is 11.9 Å². The molecule has 0 aliphatic rings. The Labute approximate surface area is 78.9 Å². The molecule has 0 aliphatic carbocycles. The predicted octanol–water partition coefficient (Wildman–Crippen LogP) is 2.83. The fourth-order valence-corrected chi connectivity index (χ4v) is 1.04. The standard InChI is InChI=1S/C10H7F3O/c11-10(12,13)9(6-7-14)8-4-2-1-3-5-8/h1-7H/b9-6-. The van der Waals surface area contributed by atoms with Crippen LogP contribution in [0.5, 0.6) is 0 Å². The average molecular weight is 200 g/mol. The van der Waals surface area contributed by atoms with Crippen LogP contribution in [-0.2, 0) is 4.79 Å². The number of aldehydes is 1. The summed E-state index contributed by atoms with van der Waals surface area (Å²) in [6.45, 7) is 0. The Kier molecular flexibility index (Phi) is 3.06. The Bertz CT molecular complexity index is 338. The molecule has 0 bridgehead atoms. The summed E-state index contributed by atoms with van der Waals surface area (Å²) in [6.07, 6.45) is -3.84. The molecule has 14 heavy (non-hydrogen) atoms. The highest BCUT2D eigenvalue weighted by Gasteiger charge is 2.34. The summed E-state index contributed by atoms with van der Waals surface area (Å²) >= 11 is 0. The van der Waals surface area contributed by atoms with Crippen LogP contribution in [0.4, 0.5) is 13.2 Å². The predicted molar refractivity (Wildman–Crippen MR) is 46.5 cm³/mol. The largest absolute Gasteiger partial charge is 0.417 e. The van der Waals surface area contributed by atoms with E-state index in [9.17, 15) is 18.0 Å². The lowest BCUT2D eigenvalue weighted by Crippen LogP contribution is -2.10. The third-order valence-electron chi connectivity index (χ3n) is 1.62. The van der Waals surface area contributed by atoms with E-state index in [4.69, 9.17) is 0 Å². The smallest absolute Gasteiger partial charge is 0.299 e. The molecule has 0 N–H and O–H groups in total. The summed E-state index contributed by atoms with van der Waals surface area (Å²) in [6, 6.07) is 7.20. The van der Waals surface area contributed by atoms with Crippen LogP contribution >= 0.6 is 0 Å². The lowest BCUT2D eigenvalue weighted by atomic mass is 10.1. The maximum Gasteiger partial charge on any atom is 0.417 e. The summed E-state index contributed by atoms with van der Waals surface area (Å²) < 4.78 is 37.1. The minimum absolute atomic E-state index is 0.00731. The van der Waals surface area contributed by atoms with Gasteiger partial charge in [-0.1, -0.05) is 30.3 Å². The summed E-state index contributed by atoms with van der Waals surface area (Å²) in [5.41, 5.74) is -0.930. The van der Waals surface area contributed by atoms with E-state index < -0.39 is 11.7 Å². The minimum Gasteiger partial charge on any atom is -0.299 e. The molecule has 0 spiro atoms. The van der Waals surface area contributed by atoms with Crippen molar-refractivity contribution in [1.82, 2.24) is 0 Å². The van der Waals surface area contributed by atoms with Gasteiger partial charge in [0.15, 0.2) is 0 Å². The van der Waals surface area contributed by atoms with Gasteiger partial charge in [-0.15, -0.1) is 0 Å². The van der Waals surface area contributed by atoms with Crippen LogP contribution < -0.4 is 0 Å². The first-order chi connectivity index (χ1) is 6.55. The third-order valence-corrected chi connectivity index (χ3v) is 1.62. The molecule has 0 saturated heterocycles. The fourth-order valence-electron chi connectivity index (χ4n) is 1.04. The molecule has 74 valence electrons. The summed E-state index contributed by atoms with van der Waals surface area (Å²) in [5, 5.41) is 0. The van der Waals surface area contributed by atoms with Gasteiger partial charge in [0.1, 0.15) is 6.29 Å². The van der Waals surface area contributed by atoms with Crippen molar-refractivity contribution in [2.24, 2.45) is 0 Å². The van der Waals surface area contributed by atoms with E-state index in [0.29, 0.717) is 6.08 Å². The molecular formula is C10H7F3O. The number of hydrogen-bond acceptors (Lipinski definition) is 1. The zero-order valence-electron chi connectivity index (χ0n) is 7.08. The number of carbonyl (C=O) groups is 1. The van der Waals surface area contributed by atoms with E-state index in [1.807, 2.05) is 0 Å². The first-order valence-electron chi connectivity index (χ1n) is 3.84. The van der Waals surface area contributed by atoms with Crippen LogP contribution in [0.15, 0.2) is 36.4 Å². The van der Waals surface area contributed by atoms with Crippen molar-refractivity contribution in [2.45, 2.75) is 6.18 Å². The summed E-state index contributed by atoms with van der Waals surface area (Å²) in [5.74, 6) is 0. The number of rotatable bonds is 2. The van der Waals surface area contributed by atoms with Crippen LogP contribution in [0.25, 0.3) is 5.57 Å². The summed E-state index contributed by atoms with van der Waals surface area (Å²) in [7, 11) is 0. The lowest BCUT2D eigenvalue weighted by Gasteiger charge is -2.10. The molecule has 0 atom stereocenters. The first kappa shape index (κ1) is 10.5. The highest BCUT2D eigenvalue weighted by molar-refractivity contribution is 5.83. The quantitative estimate of drug-likeness (QED) is 0.530. The molecule has 0 aromatic heterocycles. The molecular weight excluding hydrogens is 193 g/mol. The van der Waals surface area contributed by atoms with Crippen molar-refractivity contribution in [3.63, 3.8) is 0 Å². The lowest BCUT2D eigenvalue weighted by molar-refractivity contribution is -0.104. The molecule has 0 heterocycles. The number of benzene rings is 1. The van der Waals surface area contributed by atoms with Crippen molar-refractivity contribution in [3.8, 4) is 0 Å². The molecule has 0 saturated carbocycles.